The van der Waals surface area contributed by atoms with Crippen molar-refractivity contribution in [1.82, 2.24) is 10.2 Å². The Labute approximate surface area is 130 Å². The fourth-order valence-electron chi connectivity index (χ4n) is 3.36. The summed E-state index contributed by atoms with van der Waals surface area (Å²) in [6.07, 6.45) is 7.19. The van der Waals surface area contributed by atoms with E-state index in [1.54, 1.807) is 0 Å². The summed E-state index contributed by atoms with van der Waals surface area (Å²) >= 11 is 0. The minimum Gasteiger partial charge on any atom is -0.310 e. The average Bonchev–Trinajstić information content (AvgIpc) is 2.47. The van der Waals surface area contributed by atoms with E-state index in [0.717, 1.165) is 19.0 Å². The summed E-state index contributed by atoms with van der Waals surface area (Å²) in [7, 11) is 2.28. The molecule has 118 valence electrons. The zero-order valence-corrected chi connectivity index (χ0v) is 14.1. The van der Waals surface area contributed by atoms with Gasteiger partial charge in [-0.05, 0) is 36.9 Å². The largest absolute Gasteiger partial charge is 0.310 e. The zero-order valence-electron chi connectivity index (χ0n) is 14.1. The second kappa shape index (κ2) is 8.55. The smallest absolute Gasteiger partial charge is 0.0234 e. The molecular formula is C19H32N2. The van der Waals surface area contributed by atoms with Gasteiger partial charge >= 0.3 is 0 Å². The first kappa shape index (κ1) is 16.5. The van der Waals surface area contributed by atoms with Gasteiger partial charge in [0.25, 0.3) is 0 Å². The third-order valence-electron chi connectivity index (χ3n) is 4.55. The Hall–Kier alpha value is -0.860. The van der Waals surface area contributed by atoms with Crippen molar-refractivity contribution in [3.63, 3.8) is 0 Å². The molecule has 1 aromatic carbocycles. The molecule has 0 radical (unpaired) electrons. The van der Waals surface area contributed by atoms with Gasteiger partial charge in [-0.2, -0.15) is 0 Å². The van der Waals surface area contributed by atoms with Gasteiger partial charge in [0.15, 0.2) is 0 Å². The Morgan fingerprint density at radius 3 is 2.43 bits per heavy atom. The molecule has 1 aromatic rings. The van der Waals surface area contributed by atoms with Crippen LogP contribution in [0, 0.1) is 5.92 Å². The number of benzene rings is 1. The summed E-state index contributed by atoms with van der Waals surface area (Å²) in [6.45, 7) is 7.72. The van der Waals surface area contributed by atoms with Crippen molar-refractivity contribution in [3.8, 4) is 0 Å². The summed E-state index contributed by atoms with van der Waals surface area (Å²) in [6, 6.07) is 9.41. The number of rotatable bonds is 7. The van der Waals surface area contributed by atoms with Gasteiger partial charge in [-0.1, -0.05) is 57.4 Å². The molecule has 1 aliphatic rings. The molecule has 0 atom stereocenters. The van der Waals surface area contributed by atoms with Gasteiger partial charge in [-0.25, -0.2) is 0 Å². The average molecular weight is 288 g/mol. The summed E-state index contributed by atoms with van der Waals surface area (Å²) in [5.41, 5.74) is 2.92. The molecule has 1 aliphatic carbocycles. The number of nitrogens with zero attached hydrogens (tertiary/aromatic N) is 1. The number of hydrogen-bond donors (Lipinski definition) is 1. The standard InChI is InChI=1S/C19H32N2/c1-16(2)20-13-18-11-7-8-12-19(18)15-21(3)14-17-9-5-4-6-10-17/h7-8,11-12,16-17,20H,4-6,9-10,13-15H2,1-3H3. The van der Waals surface area contributed by atoms with Gasteiger partial charge in [0, 0.05) is 25.7 Å². The highest BCUT2D eigenvalue weighted by Crippen LogP contribution is 2.24. The highest BCUT2D eigenvalue weighted by Gasteiger charge is 2.16. The fourth-order valence-corrected chi connectivity index (χ4v) is 3.36. The van der Waals surface area contributed by atoms with E-state index < -0.39 is 0 Å². The maximum Gasteiger partial charge on any atom is 0.0234 e. The maximum absolute atomic E-state index is 3.54. The normalized spacial score (nSPS) is 16.8. The summed E-state index contributed by atoms with van der Waals surface area (Å²) in [5, 5.41) is 3.54. The van der Waals surface area contributed by atoms with Crippen molar-refractivity contribution in [2.75, 3.05) is 13.6 Å². The molecule has 21 heavy (non-hydrogen) atoms. The lowest BCUT2D eigenvalue weighted by molar-refractivity contribution is 0.227. The summed E-state index contributed by atoms with van der Waals surface area (Å²) < 4.78 is 0. The molecule has 1 N–H and O–H groups in total. The quantitative estimate of drug-likeness (QED) is 0.809. The highest BCUT2D eigenvalue weighted by molar-refractivity contribution is 5.27. The third-order valence-corrected chi connectivity index (χ3v) is 4.55. The van der Waals surface area contributed by atoms with E-state index >= 15 is 0 Å². The monoisotopic (exact) mass is 288 g/mol. The molecule has 2 nitrogen and oxygen atoms in total. The highest BCUT2D eigenvalue weighted by atomic mass is 15.1. The molecule has 0 aromatic heterocycles. The van der Waals surface area contributed by atoms with Crippen LogP contribution < -0.4 is 5.32 Å². The first-order valence-electron chi connectivity index (χ1n) is 8.64. The minimum absolute atomic E-state index is 0.540. The van der Waals surface area contributed by atoms with Gasteiger partial charge in [0.2, 0.25) is 0 Å². The topological polar surface area (TPSA) is 15.3 Å². The zero-order chi connectivity index (χ0) is 15.1. The van der Waals surface area contributed by atoms with Crippen LogP contribution in [0.15, 0.2) is 24.3 Å². The molecule has 1 saturated carbocycles. The molecule has 0 aliphatic heterocycles. The molecule has 0 saturated heterocycles. The van der Waals surface area contributed by atoms with Crippen LogP contribution in [0.3, 0.4) is 0 Å². The van der Waals surface area contributed by atoms with E-state index in [-0.39, 0.29) is 0 Å². The third kappa shape index (κ3) is 5.80. The second-order valence-electron chi connectivity index (χ2n) is 7.01. The van der Waals surface area contributed by atoms with Crippen molar-refractivity contribution in [2.24, 2.45) is 5.92 Å². The van der Waals surface area contributed by atoms with Crippen LogP contribution in [0.1, 0.15) is 57.1 Å². The van der Waals surface area contributed by atoms with Crippen LogP contribution in [0.2, 0.25) is 0 Å². The molecule has 1 fully saturated rings. The Bertz CT molecular complexity index is 408. The summed E-state index contributed by atoms with van der Waals surface area (Å²) in [4.78, 5) is 2.52. The first-order valence-corrected chi connectivity index (χ1v) is 8.64. The molecule has 0 heterocycles. The second-order valence-corrected chi connectivity index (χ2v) is 7.01. The molecular weight excluding hydrogens is 256 g/mol. The van der Waals surface area contributed by atoms with Crippen LogP contribution in [-0.4, -0.2) is 24.5 Å². The first-order chi connectivity index (χ1) is 10.1. The Kier molecular flexibility index (Phi) is 6.72. The van der Waals surface area contributed by atoms with Crippen molar-refractivity contribution >= 4 is 0 Å². The predicted molar refractivity (Wildman–Crippen MR) is 91.3 cm³/mol. The SMILES string of the molecule is CC(C)NCc1ccccc1CN(C)CC1CCCCC1. The molecule has 2 rings (SSSR count). The van der Waals surface area contributed by atoms with Crippen LogP contribution in [0.5, 0.6) is 0 Å². The molecule has 0 bridgehead atoms. The lowest BCUT2D eigenvalue weighted by Gasteiger charge is -2.27. The van der Waals surface area contributed by atoms with Gasteiger partial charge in [-0.15, -0.1) is 0 Å². The van der Waals surface area contributed by atoms with Gasteiger partial charge < -0.3 is 10.2 Å². The summed E-state index contributed by atoms with van der Waals surface area (Å²) in [5.74, 6) is 0.921. The van der Waals surface area contributed by atoms with Crippen molar-refractivity contribution in [1.29, 1.82) is 0 Å². The fraction of sp³-hybridized carbons (Fsp3) is 0.684. The maximum atomic E-state index is 3.54. The molecule has 0 amide bonds. The van der Waals surface area contributed by atoms with E-state index in [2.05, 4.69) is 55.4 Å². The molecule has 2 heteroatoms. The Balaban J connectivity index is 1.88. The Morgan fingerprint density at radius 2 is 1.76 bits per heavy atom. The minimum atomic E-state index is 0.540. The van der Waals surface area contributed by atoms with Crippen molar-refractivity contribution < 1.29 is 0 Å². The van der Waals surface area contributed by atoms with Crippen LogP contribution in [0.25, 0.3) is 0 Å². The van der Waals surface area contributed by atoms with E-state index in [1.165, 1.54) is 49.8 Å². The van der Waals surface area contributed by atoms with E-state index in [4.69, 9.17) is 0 Å². The van der Waals surface area contributed by atoms with Crippen molar-refractivity contribution in [2.45, 2.75) is 65.1 Å². The lowest BCUT2D eigenvalue weighted by atomic mass is 9.89. The Morgan fingerprint density at radius 1 is 1.10 bits per heavy atom. The van der Waals surface area contributed by atoms with Crippen LogP contribution in [0.4, 0.5) is 0 Å². The van der Waals surface area contributed by atoms with E-state index in [1.807, 2.05) is 0 Å². The van der Waals surface area contributed by atoms with Gasteiger partial charge in [-0.3, -0.25) is 0 Å². The van der Waals surface area contributed by atoms with E-state index in [9.17, 15) is 0 Å². The van der Waals surface area contributed by atoms with E-state index in [0.29, 0.717) is 6.04 Å². The number of nitrogens with one attached hydrogen (secondary N) is 1. The van der Waals surface area contributed by atoms with Crippen LogP contribution >= 0.6 is 0 Å². The van der Waals surface area contributed by atoms with Crippen LogP contribution in [-0.2, 0) is 13.1 Å². The molecule has 0 unspecified atom stereocenters. The predicted octanol–water partition coefficient (Wildman–Crippen LogP) is 4.20. The molecule has 0 spiro atoms. The van der Waals surface area contributed by atoms with Crippen molar-refractivity contribution in [3.05, 3.63) is 35.4 Å². The van der Waals surface area contributed by atoms with Gasteiger partial charge in [0.1, 0.15) is 0 Å². The lowest BCUT2D eigenvalue weighted by Crippen LogP contribution is -2.28. The van der Waals surface area contributed by atoms with Gasteiger partial charge in [0.05, 0.1) is 0 Å². The number of hydrogen-bond acceptors (Lipinski definition) is 2.